The summed E-state index contributed by atoms with van der Waals surface area (Å²) in [6.07, 6.45) is -0.395. The van der Waals surface area contributed by atoms with Crippen LogP contribution in [0.2, 0.25) is 0 Å². The third-order valence-corrected chi connectivity index (χ3v) is 3.92. The number of carbonyl (C=O) groups is 1. The summed E-state index contributed by atoms with van der Waals surface area (Å²) < 4.78 is 5.65. The van der Waals surface area contributed by atoms with Crippen LogP contribution in [-0.4, -0.2) is 56.2 Å². The number of ether oxygens (including phenoxy) is 1. The molecule has 1 unspecified atom stereocenters. The smallest absolute Gasteiger partial charge is 0.267 e. The largest absolute Gasteiger partial charge is 0.479 e. The van der Waals surface area contributed by atoms with Crippen LogP contribution in [0, 0.1) is 0 Å². The van der Waals surface area contributed by atoms with Crippen molar-refractivity contribution in [3.63, 3.8) is 0 Å². The molecule has 2 aliphatic heterocycles. The summed E-state index contributed by atoms with van der Waals surface area (Å²) in [5.74, 6) is 0.860. The average molecular weight is 275 g/mol. The third kappa shape index (κ3) is 2.64. The second-order valence-corrected chi connectivity index (χ2v) is 5.31. The maximum atomic E-state index is 12.3. The number of fused-ring (bicyclic) bond motifs is 1. The van der Waals surface area contributed by atoms with E-state index in [9.17, 15) is 4.79 Å². The van der Waals surface area contributed by atoms with Crippen LogP contribution in [0.1, 0.15) is 6.92 Å². The quantitative estimate of drug-likeness (QED) is 0.882. The topological polar surface area (TPSA) is 44.8 Å². The van der Waals surface area contributed by atoms with E-state index in [1.807, 2.05) is 36.1 Å². The van der Waals surface area contributed by atoms with E-state index in [4.69, 9.17) is 4.74 Å². The van der Waals surface area contributed by atoms with Crippen LogP contribution in [0.15, 0.2) is 24.3 Å². The standard InChI is InChI=1S/C15H21N3O2/c1-12-15(19)18(11-10-17-8-6-16-7-9-17)13-4-2-3-5-14(13)20-12/h2-5,12,16H,6-11H2,1H3. The van der Waals surface area contributed by atoms with Gasteiger partial charge < -0.3 is 15.0 Å². The van der Waals surface area contributed by atoms with Crippen LogP contribution in [-0.2, 0) is 4.79 Å². The Morgan fingerprint density at radius 2 is 2.00 bits per heavy atom. The Morgan fingerprint density at radius 1 is 1.25 bits per heavy atom. The normalized spacial score (nSPS) is 23.4. The van der Waals surface area contributed by atoms with Gasteiger partial charge in [-0.3, -0.25) is 9.69 Å². The molecule has 1 fully saturated rings. The summed E-state index contributed by atoms with van der Waals surface area (Å²) in [7, 11) is 0. The van der Waals surface area contributed by atoms with Gasteiger partial charge in [0.1, 0.15) is 5.75 Å². The van der Waals surface area contributed by atoms with Crippen molar-refractivity contribution < 1.29 is 9.53 Å². The van der Waals surface area contributed by atoms with Gasteiger partial charge in [-0.1, -0.05) is 12.1 Å². The van der Waals surface area contributed by atoms with Crippen molar-refractivity contribution in [3.8, 4) is 5.75 Å². The molecule has 0 saturated carbocycles. The van der Waals surface area contributed by atoms with E-state index in [1.165, 1.54) is 0 Å². The fourth-order valence-corrected chi connectivity index (χ4v) is 2.77. The Kier molecular flexibility index (Phi) is 3.89. The van der Waals surface area contributed by atoms with Crippen molar-refractivity contribution in [2.75, 3.05) is 44.2 Å². The zero-order chi connectivity index (χ0) is 13.9. The van der Waals surface area contributed by atoms with Crippen LogP contribution >= 0.6 is 0 Å². The monoisotopic (exact) mass is 275 g/mol. The van der Waals surface area contributed by atoms with Crippen molar-refractivity contribution in [1.82, 2.24) is 10.2 Å². The zero-order valence-electron chi connectivity index (χ0n) is 11.8. The molecule has 0 bridgehead atoms. The lowest BCUT2D eigenvalue weighted by Crippen LogP contribution is -2.50. The number of nitrogens with one attached hydrogen (secondary N) is 1. The van der Waals surface area contributed by atoms with Crippen LogP contribution in [0.3, 0.4) is 0 Å². The van der Waals surface area contributed by atoms with Gasteiger partial charge in [0.15, 0.2) is 6.10 Å². The van der Waals surface area contributed by atoms with E-state index in [1.54, 1.807) is 0 Å². The van der Waals surface area contributed by atoms with Crippen molar-refractivity contribution in [2.45, 2.75) is 13.0 Å². The van der Waals surface area contributed by atoms with Gasteiger partial charge in [-0.25, -0.2) is 0 Å². The molecule has 108 valence electrons. The number of nitrogens with zero attached hydrogens (tertiary/aromatic N) is 2. The van der Waals surface area contributed by atoms with E-state index < -0.39 is 6.10 Å². The molecule has 1 aromatic rings. The minimum absolute atomic E-state index is 0.0545. The van der Waals surface area contributed by atoms with Gasteiger partial charge in [-0.15, -0.1) is 0 Å². The maximum absolute atomic E-state index is 12.3. The molecule has 0 aliphatic carbocycles. The molecule has 2 heterocycles. The first-order chi connectivity index (χ1) is 9.75. The van der Waals surface area contributed by atoms with Crippen molar-refractivity contribution in [1.29, 1.82) is 0 Å². The molecule has 0 radical (unpaired) electrons. The van der Waals surface area contributed by atoms with Crippen LogP contribution in [0.4, 0.5) is 5.69 Å². The molecule has 1 atom stereocenters. The van der Waals surface area contributed by atoms with Crippen molar-refractivity contribution >= 4 is 11.6 Å². The summed E-state index contributed by atoms with van der Waals surface area (Å²) in [4.78, 5) is 16.6. The highest BCUT2D eigenvalue weighted by Crippen LogP contribution is 2.33. The molecule has 5 heteroatoms. The summed E-state index contributed by atoms with van der Waals surface area (Å²) in [6.45, 7) is 7.62. The van der Waals surface area contributed by atoms with E-state index in [2.05, 4.69) is 10.2 Å². The minimum Gasteiger partial charge on any atom is -0.479 e. The lowest BCUT2D eigenvalue weighted by Gasteiger charge is -2.35. The van der Waals surface area contributed by atoms with E-state index in [0.29, 0.717) is 0 Å². The molecule has 20 heavy (non-hydrogen) atoms. The first kappa shape index (κ1) is 13.4. The Balaban J connectivity index is 1.72. The zero-order valence-corrected chi connectivity index (χ0v) is 11.8. The highest BCUT2D eigenvalue weighted by Gasteiger charge is 2.31. The number of amides is 1. The molecule has 1 aromatic carbocycles. The highest BCUT2D eigenvalue weighted by molar-refractivity contribution is 5.99. The van der Waals surface area contributed by atoms with Gasteiger partial charge >= 0.3 is 0 Å². The first-order valence-electron chi connectivity index (χ1n) is 7.26. The Hall–Kier alpha value is -1.59. The molecular weight excluding hydrogens is 254 g/mol. The SMILES string of the molecule is CC1Oc2ccccc2N(CCN2CCNCC2)C1=O. The van der Waals surface area contributed by atoms with Gasteiger partial charge in [-0.05, 0) is 19.1 Å². The number of para-hydroxylation sites is 2. The fraction of sp³-hybridized carbons (Fsp3) is 0.533. The second kappa shape index (κ2) is 5.81. The predicted molar refractivity (Wildman–Crippen MR) is 78.2 cm³/mol. The molecule has 0 aromatic heterocycles. The predicted octanol–water partition coefficient (Wildman–Crippen LogP) is 0.706. The Bertz CT molecular complexity index is 486. The lowest BCUT2D eigenvalue weighted by atomic mass is 10.2. The van der Waals surface area contributed by atoms with Crippen LogP contribution in [0.25, 0.3) is 0 Å². The van der Waals surface area contributed by atoms with Crippen LogP contribution < -0.4 is 15.0 Å². The number of hydrogen-bond donors (Lipinski definition) is 1. The molecule has 1 saturated heterocycles. The van der Waals surface area contributed by atoms with E-state index in [0.717, 1.165) is 50.7 Å². The Morgan fingerprint density at radius 3 is 2.80 bits per heavy atom. The molecule has 5 nitrogen and oxygen atoms in total. The average Bonchev–Trinajstić information content (AvgIpc) is 2.49. The number of anilines is 1. The van der Waals surface area contributed by atoms with Crippen molar-refractivity contribution in [3.05, 3.63) is 24.3 Å². The van der Waals surface area contributed by atoms with Gasteiger partial charge in [0, 0.05) is 39.3 Å². The molecule has 1 amide bonds. The summed E-state index contributed by atoms with van der Waals surface area (Å²) in [5.41, 5.74) is 0.894. The number of piperazine rings is 1. The summed E-state index contributed by atoms with van der Waals surface area (Å²) in [6, 6.07) is 7.77. The second-order valence-electron chi connectivity index (χ2n) is 5.31. The van der Waals surface area contributed by atoms with Crippen LogP contribution in [0.5, 0.6) is 5.75 Å². The summed E-state index contributed by atoms with van der Waals surface area (Å²) >= 11 is 0. The molecule has 1 N–H and O–H groups in total. The van der Waals surface area contributed by atoms with Gasteiger partial charge in [0.2, 0.25) is 0 Å². The van der Waals surface area contributed by atoms with Gasteiger partial charge in [0.05, 0.1) is 5.69 Å². The maximum Gasteiger partial charge on any atom is 0.267 e. The van der Waals surface area contributed by atoms with E-state index >= 15 is 0 Å². The number of rotatable bonds is 3. The molecule has 2 aliphatic rings. The Labute approximate surface area is 119 Å². The number of carbonyl (C=O) groups excluding carboxylic acids is 1. The molecular formula is C15H21N3O2. The fourth-order valence-electron chi connectivity index (χ4n) is 2.77. The van der Waals surface area contributed by atoms with Gasteiger partial charge in [-0.2, -0.15) is 0 Å². The minimum atomic E-state index is -0.395. The van der Waals surface area contributed by atoms with Crippen molar-refractivity contribution in [2.24, 2.45) is 0 Å². The van der Waals surface area contributed by atoms with E-state index in [-0.39, 0.29) is 5.91 Å². The number of benzene rings is 1. The molecule has 0 spiro atoms. The first-order valence-corrected chi connectivity index (χ1v) is 7.26. The summed E-state index contributed by atoms with van der Waals surface area (Å²) in [5, 5.41) is 3.34. The number of hydrogen-bond acceptors (Lipinski definition) is 4. The lowest BCUT2D eigenvalue weighted by molar-refractivity contribution is -0.125. The molecule has 3 rings (SSSR count). The third-order valence-electron chi connectivity index (χ3n) is 3.92. The van der Waals surface area contributed by atoms with Gasteiger partial charge in [0.25, 0.3) is 5.91 Å². The highest BCUT2D eigenvalue weighted by atomic mass is 16.5.